The second-order valence-electron chi connectivity index (χ2n) is 4.42. The van der Waals surface area contributed by atoms with Crippen molar-refractivity contribution in [1.29, 1.82) is 0 Å². The van der Waals surface area contributed by atoms with E-state index in [9.17, 15) is 35.3 Å². The first-order chi connectivity index (χ1) is 10.9. The van der Waals surface area contributed by atoms with Gasteiger partial charge in [0.15, 0.2) is 8.69 Å². The third kappa shape index (κ3) is 5.06. The first kappa shape index (κ1) is 23.5. The molecule has 0 saturated carbocycles. The van der Waals surface area contributed by atoms with Crippen molar-refractivity contribution >= 4 is 69.2 Å². The minimum atomic E-state index is -6.67. The number of hydrogen-bond donors (Lipinski definition) is 0. The highest BCUT2D eigenvalue weighted by Gasteiger charge is 2.80. The molecule has 1 nitrogen and oxygen atoms in total. The Kier molecular flexibility index (Phi) is 7.04. The molecular weight excluding hydrogens is 490 g/mol. The lowest BCUT2D eigenvalue weighted by Gasteiger charge is -2.29. The van der Waals surface area contributed by atoms with E-state index in [1.165, 1.54) is 0 Å². The maximum absolute atomic E-state index is 13.7. The minimum absolute atomic E-state index is 0.426. The van der Waals surface area contributed by atoms with Crippen molar-refractivity contribution in [1.82, 2.24) is 0 Å². The van der Waals surface area contributed by atoms with Crippen LogP contribution in [0.2, 0.25) is 10.0 Å². The van der Waals surface area contributed by atoms with Crippen molar-refractivity contribution in [2.45, 2.75) is 32.5 Å². The second-order valence-corrected chi connectivity index (χ2v) is 9.21. The molecule has 1 radical (unpaired) electrons. The standard InChI is InChI=1S/C11H3Cl5F7OS/c12-4-1-6(13)5(3-8(14,15)16)7(2-4)25(24)11(22,23)9(17,18)10(19,20)21/h2H,3H2. The van der Waals surface area contributed by atoms with Gasteiger partial charge in [-0.3, -0.25) is 0 Å². The van der Waals surface area contributed by atoms with Crippen molar-refractivity contribution in [3.63, 3.8) is 0 Å². The van der Waals surface area contributed by atoms with Gasteiger partial charge >= 0.3 is 17.4 Å². The summed E-state index contributed by atoms with van der Waals surface area (Å²) in [5.41, 5.74) is -0.679. The molecule has 14 heteroatoms. The normalized spacial score (nSPS) is 15.4. The first-order valence-electron chi connectivity index (χ1n) is 5.63. The van der Waals surface area contributed by atoms with E-state index >= 15 is 0 Å². The molecule has 0 saturated heterocycles. The molecule has 0 fully saturated rings. The van der Waals surface area contributed by atoms with Gasteiger partial charge in [-0.15, -0.1) is 8.78 Å². The van der Waals surface area contributed by atoms with Crippen LogP contribution >= 0.6 is 58.0 Å². The molecule has 0 aliphatic rings. The Morgan fingerprint density at radius 1 is 1.00 bits per heavy atom. The Morgan fingerprint density at radius 2 is 1.48 bits per heavy atom. The molecule has 0 bridgehead atoms. The molecule has 1 rings (SSSR count). The molecule has 0 aliphatic carbocycles. The van der Waals surface area contributed by atoms with Crippen molar-refractivity contribution in [3.05, 3.63) is 27.7 Å². The molecule has 1 aromatic rings. The third-order valence-electron chi connectivity index (χ3n) is 2.58. The van der Waals surface area contributed by atoms with Crippen LogP contribution in [-0.4, -0.2) is 25.7 Å². The lowest BCUT2D eigenvalue weighted by Crippen LogP contribution is -2.56. The summed E-state index contributed by atoms with van der Waals surface area (Å²) in [4.78, 5) is -1.24. The van der Waals surface area contributed by atoms with Gasteiger partial charge in [-0.1, -0.05) is 58.0 Å². The van der Waals surface area contributed by atoms with Crippen LogP contribution in [0.5, 0.6) is 0 Å². The number of halogens is 12. The van der Waals surface area contributed by atoms with Gasteiger partial charge in [0.1, 0.15) is 0 Å². The number of hydrogen-bond acceptors (Lipinski definition) is 1. The molecule has 0 aromatic heterocycles. The van der Waals surface area contributed by atoms with Gasteiger partial charge in [0.05, 0.1) is 21.2 Å². The van der Waals surface area contributed by atoms with Crippen LogP contribution < -0.4 is 0 Å². The fraction of sp³-hybridized carbons (Fsp3) is 0.455. The summed E-state index contributed by atoms with van der Waals surface area (Å²) in [6, 6.07) is 2.57. The van der Waals surface area contributed by atoms with Crippen LogP contribution in [0.1, 0.15) is 5.56 Å². The van der Waals surface area contributed by atoms with Gasteiger partial charge in [0, 0.05) is 24.1 Å². The Balaban J connectivity index is 3.54. The fourth-order valence-electron chi connectivity index (χ4n) is 1.48. The topological polar surface area (TPSA) is 23.1 Å². The first-order valence-corrected chi connectivity index (χ1v) is 8.67. The van der Waals surface area contributed by atoms with Crippen LogP contribution in [0.3, 0.4) is 0 Å². The van der Waals surface area contributed by atoms with Crippen molar-refractivity contribution < 1.29 is 35.3 Å². The lowest BCUT2D eigenvalue weighted by atomic mass is 10.2. The molecule has 1 unspecified atom stereocenters. The van der Waals surface area contributed by atoms with E-state index in [1.54, 1.807) is 0 Å². The van der Waals surface area contributed by atoms with Gasteiger partial charge < -0.3 is 4.55 Å². The average molecular weight is 493 g/mol. The van der Waals surface area contributed by atoms with Crippen LogP contribution in [-0.2, 0) is 17.6 Å². The third-order valence-corrected chi connectivity index (χ3v) is 4.99. The van der Waals surface area contributed by atoms with Gasteiger partial charge in [-0.25, -0.2) is 0 Å². The summed E-state index contributed by atoms with van der Waals surface area (Å²) in [6.45, 7) is 0. The van der Waals surface area contributed by atoms with Crippen LogP contribution in [0.25, 0.3) is 0 Å². The predicted octanol–water partition coefficient (Wildman–Crippen LogP) is 6.60. The maximum atomic E-state index is 13.7. The van der Waals surface area contributed by atoms with Crippen molar-refractivity contribution in [2.24, 2.45) is 0 Å². The van der Waals surface area contributed by atoms with E-state index in [2.05, 4.69) is 6.07 Å². The molecule has 0 heterocycles. The molecule has 25 heavy (non-hydrogen) atoms. The number of alkyl halides is 10. The molecule has 0 amide bonds. The van der Waals surface area contributed by atoms with Gasteiger partial charge in [-0.2, -0.15) is 22.0 Å². The van der Waals surface area contributed by atoms with Gasteiger partial charge in [-0.05, 0) is 0 Å². The predicted molar refractivity (Wildman–Crippen MR) is 81.6 cm³/mol. The van der Waals surface area contributed by atoms with E-state index in [1.807, 2.05) is 0 Å². The fourth-order valence-corrected chi connectivity index (χ4v) is 3.77. The minimum Gasteiger partial charge on any atom is -0.607 e. The van der Waals surface area contributed by atoms with Crippen LogP contribution in [0.4, 0.5) is 30.7 Å². The van der Waals surface area contributed by atoms with E-state index in [-0.39, 0.29) is 0 Å². The van der Waals surface area contributed by atoms with E-state index in [4.69, 9.17) is 58.0 Å². The summed E-state index contributed by atoms with van der Waals surface area (Å²) in [6.07, 6.45) is -7.51. The number of rotatable bonds is 4. The Bertz CT molecular complexity index is 647. The van der Waals surface area contributed by atoms with Crippen molar-refractivity contribution in [3.8, 4) is 0 Å². The monoisotopic (exact) mass is 491 g/mol. The van der Waals surface area contributed by atoms with E-state index in [0.29, 0.717) is 6.07 Å². The quantitative estimate of drug-likeness (QED) is 0.263. The highest BCUT2D eigenvalue weighted by Crippen LogP contribution is 2.52. The molecule has 1 aromatic carbocycles. The summed E-state index contributed by atoms with van der Waals surface area (Å²) < 4.78 is 100.0. The molecule has 0 aliphatic heterocycles. The second kappa shape index (κ2) is 7.48. The Hall–Kier alpha value is 0.490. The van der Waals surface area contributed by atoms with Crippen LogP contribution in [0, 0.1) is 6.07 Å². The largest absolute Gasteiger partial charge is 0.607 e. The van der Waals surface area contributed by atoms with Gasteiger partial charge in [0.25, 0.3) is 0 Å². The van der Waals surface area contributed by atoms with Gasteiger partial charge in [0.2, 0.25) is 0 Å². The SMILES string of the molecule is [O-][S+](c1cc(Cl)[c]c(Cl)c1CC(Cl)(Cl)Cl)C(F)(F)C(F)(F)C(F)(F)F. The lowest BCUT2D eigenvalue weighted by molar-refractivity contribution is -0.332. The zero-order chi connectivity index (χ0) is 20.0. The summed E-state index contributed by atoms with van der Waals surface area (Å²) in [5, 5.41) is -7.26. The highest BCUT2D eigenvalue weighted by atomic mass is 35.6. The zero-order valence-corrected chi connectivity index (χ0v) is 15.7. The molecule has 143 valence electrons. The molecule has 0 N–H and O–H groups in total. The molecule has 0 spiro atoms. The molecule has 1 atom stereocenters. The summed E-state index contributed by atoms with van der Waals surface area (Å²) >= 11 is 23.2. The summed E-state index contributed by atoms with van der Waals surface area (Å²) in [7, 11) is 0. The van der Waals surface area contributed by atoms with Crippen LogP contribution in [0.15, 0.2) is 11.0 Å². The zero-order valence-electron chi connectivity index (χ0n) is 11.1. The summed E-state index contributed by atoms with van der Waals surface area (Å²) in [5.74, 6) is -6.61. The number of benzene rings is 1. The van der Waals surface area contributed by atoms with E-state index in [0.717, 1.165) is 0 Å². The highest BCUT2D eigenvalue weighted by molar-refractivity contribution is 7.92. The Labute approximate surface area is 164 Å². The maximum Gasteiger partial charge on any atom is 0.486 e. The smallest absolute Gasteiger partial charge is 0.486 e. The molecular formula is C11H3Cl5F7OS. The average Bonchev–Trinajstić information content (AvgIpc) is 2.37. The van der Waals surface area contributed by atoms with Crippen molar-refractivity contribution in [2.75, 3.05) is 0 Å². The Morgan fingerprint density at radius 3 is 1.88 bits per heavy atom. The van der Waals surface area contributed by atoms with E-state index < -0.39 is 59.2 Å².